The number of furan rings is 1. The Morgan fingerprint density at radius 1 is 0.453 bits per heavy atom. The van der Waals surface area contributed by atoms with Gasteiger partial charge in [-0.15, -0.1) is 0 Å². The van der Waals surface area contributed by atoms with Crippen LogP contribution < -0.4 is 10.9 Å². The Hall–Kier alpha value is -6.65. The standard InChI is InChI=1S/C49H35N3O/c1-48(2)39-21-11-12-22-41(39)49(37-19-9-6-16-33(37)34-17-7-10-20-38(34)49)42-28-32(25-27-40(42)48)47-50-45(30-14-4-3-5-15-30)46(51-52-47)31-24-26-36-35-18-8-13-23-43(35)53-44(36)29-31/h3-29,51H,1-2H3,(H,50,52). The predicted molar refractivity (Wildman–Crippen MR) is 216 cm³/mol. The minimum atomic E-state index is -0.474. The summed E-state index contributed by atoms with van der Waals surface area (Å²) in [5.74, 6) is 0.770. The molecule has 4 heteroatoms. The van der Waals surface area contributed by atoms with E-state index >= 15 is 0 Å². The molecule has 0 bridgehead atoms. The van der Waals surface area contributed by atoms with E-state index < -0.39 is 5.41 Å². The molecular formula is C49H35N3O. The van der Waals surface area contributed by atoms with Gasteiger partial charge in [-0.3, -0.25) is 10.9 Å². The van der Waals surface area contributed by atoms with Gasteiger partial charge in [-0.1, -0.05) is 153 Å². The molecule has 0 unspecified atom stereocenters. The molecule has 0 radical (unpaired) electrons. The zero-order valence-corrected chi connectivity index (χ0v) is 29.4. The van der Waals surface area contributed by atoms with Crippen LogP contribution in [0.3, 0.4) is 0 Å². The van der Waals surface area contributed by atoms with Gasteiger partial charge >= 0.3 is 0 Å². The second-order valence-corrected chi connectivity index (χ2v) is 14.9. The van der Waals surface area contributed by atoms with Gasteiger partial charge < -0.3 is 4.42 Å². The Labute approximate surface area is 308 Å². The molecule has 1 aromatic heterocycles. The minimum Gasteiger partial charge on any atom is -0.456 e. The quantitative estimate of drug-likeness (QED) is 0.195. The number of fused-ring (bicyclic) bond motifs is 12. The number of hydrogen-bond acceptors (Lipinski definition) is 4. The second kappa shape index (κ2) is 10.9. The molecule has 53 heavy (non-hydrogen) atoms. The predicted octanol–water partition coefficient (Wildman–Crippen LogP) is 11.0. The molecule has 0 saturated heterocycles. The van der Waals surface area contributed by atoms with Crippen LogP contribution in [0.1, 0.15) is 63.9 Å². The maximum Gasteiger partial charge on any atom is 0.152 e. The lowest BCUT2D eigenvalue weighted by Crippen LogP contribution is -2.42. The number of amidine groups is 1. The number of para-hydroxylation sites is 1. The average molecular weight is 682 g/mol. The summed E-state index contributed by atoms with van der Waals surface area (Å²) in [5, 5.41) is 2.21. The number of nitrogens with zero attached hydrogens (tertiary/aromatic N) is 1. The zero-order chi connectivity index (χ0) is 35.3. The Bertz CT molecular complexity index is 2830. The molecule has 4 nitrogen and oxygen atoms in total. The number of hydrazine groups is 1. The van der Waals surface area contributed by atoms with Gasteiger partial charge in [0.25, 0.3) is 0 Å². The molecule has 2 heterocycles. The topological polar surface area (TPSA) is 49.6 Å². The number of rotatable bonds is 3. The summed E-state index contributed by atoms with van der Waals surface area (Å²) < 4.78 is 6.30. The monoisotopic (exact) mass is 681 g/mol. The molecule has 252 valence electrons. The summed E-state index contributed by atoms with van der Waals surface area (Å²) in [6.07, 6.45) is 0. The molecule has 11 rings (SSSR count). The first-order chi connectivity index (χ1) is 26.0. The molecule has 0 atom stereocenters. The Morgan fingerprint density at radius 2 is 1.06 bits per heavy atom. The molecule has 0 saturated carbocycles. The van der Waals surface area contributed by atoms with Gasteiger partial charge in [-0.2, -0.15) is 0 Å². The van der Waals surface area contributed by atoms with Crippen molar-refractivity contribution in [3.8, 4) is 11.1 Å². The highest BCUT2D eigenvalue weighted by atomic mass is 16.3. The van der Waals surface area contributed by atoms with E-state index in [0.717, 1.165) is 55.9 Å². The summed E-state index contributed by atoms with van der Waals surface area (Å²) in [5.41, 5.74) is 23.6. The third-order valence-corrected chi connectivity index (χ3v) is 11.8. The van der Waals surface area contributed by atoms with Crippen molar-refractivity contribution in [3.05, 3.63) is 214 Å². The van der Waals surface area contributed by atoms with Crippen molar-refractivity contribution in [2.24, 2.45) is 4.99 Å². The van der Waals surface area contributed by atoms with Gasteiger partial charge in [0.15, 0.2) is 5.84 Å². The minimum absolute atomic E-state index is 0.209. The van der Waals surface area contributed by atoms with Gasteiger partial charge in [0.2, 0.25) is 0 Å². The zero-order valence-electron chi connectivity index (χ0n) is 29.4. The lowest BCUT2D eigenvalue weighted by atomic mass is 9.55. The Balaban J connectivity index is 1.14. The van der Waals surface area contributed by atoms with Crippen molar-refractivity contribution in [3.63, 3.8) is 0 Å². The van der Waals surface area contributed by atoms with Crippen molar-refractivity contribution in [1.82, 2.24) is 10.9 Å². The number of aliphatic imine (C=N–C) groups is 1. The summed E-state index contributed by atoms with van der Waals surface area (Å²) >= 11 is 0. The van der Waals surface area contributed by atoms with E-state index in [0.29, 0.717) is 0 Å². The highest BCUT2D eigenvalue weighted by Crippen LogP contribution is 2.62. The van der Waals surface area contributed by atoms with Crippen molar-refractivity contribution in [2.75, 3.05) is 0 Å². The third-order valence-electron chi connectivity index (χ3n) is 11.8. The SMILES string of the molecule is CC1(C)c2ccccc2C2(c3ccccc3-c3ccccc32)c2cc(C3=NC(c4ccccc4)=C(c4ccc5c(c4)oc4ccccc45)NN3)ccc21. The van der Waals surface area contributed by atoms with Gasteiger partial charge in [-0.05, 0) is 68.8 Å². The summed E-state index contributed by atoms with van der Waals surface area (Å²) in [7, 11) is 0. The smallest absolute Gasteiger partial charge is 0.152 e. The molecule has 1 spiro atoms. The van der Waals surface area contributed by atoms with Crippen LogP contribution in [0.4, 0.5) is 0 Å². The van der Waals surface area contributed by atoms with Gasteiger partial charge in [0, 0.05) is 32.9 Å². The van der Waals surface area contributed by atoms with Crippen LogP contribution in [0.5, 0.6) is 0 Å². The summed E-state index contributed by atoms with van der Waals surface area (Å²) in [6.45, 7) is 4.73. The van der Waals surface area contributed by atoms with Crippen molar-refractivity contribution in [2.45, 2.75) is 24.7 Å². The van der Waals surface area contributed by atoms with Gasteiger partial charge in [-0.25, -0.2) is 4.99 Å². The van der Waals surface area contributed by atoms with Crippen molar-refractivity contribution < 1.29 is 4.42 Å². The van der Waals surface area contributed by atoms with Crippen LogP contribution >= 0.6 is 0 Å². The molecule has 7 aromatic carbocycles. The van der Waals surface area contributed by atoms with Gasteiger partial charge in [0.05, 0.1) is 16.8 Å². The lowest BCUT2D eigenvalue weighted by molar-refractivity contribution is 0.563. The van der Waals surface area contributed by atoms with Crippen LogP contribution in [0.2, 0.25) is 0 Å². The van der Waals surface area contributed by atoms with E-state index in [9.17, 15) is 0 Å². The third kappa shape index (κ3) is 4.09. The van der Waals surface area contributed by atoms with Crippen LogP contribution in [0.15, 0.2) is 173 Å². The van der Waals surface area contributed by atoms with E-state index in [1.54, 1.807) is 0 Å². The molecule has 2 aliphatic carbocycles. The van der Waals surface area contributed by atoms with Crippen molar-refractivity contribution in [1.29, 1.82) is 0 Å². The van der Waals surface area contributed by atoms with E-state index in [1.807, 2.05) is 18.2 Å². The van der Waals surface area contributed by atoms with Gasteiger partial charge in [0.1, 0.15) is 11.2 Å². The van der Waals surface area contributed by atoms with E-state index in [-0.39, 0.29) is 5.41 Å². The van der Waals surface area contributed by atoms with Crippen LogP contribution in [0.25, 0.3) is 44.5 Å². The summed E-state index contributed by atoms with van der Waals surface area (Å²) in [6, 6.07) is 59.0. The van der Waals surface area contributed by atoms with Crippen LogP contribution in [-0.2, 0) is 10.8 Å². The molecule has 2 N–H and O–H groups in total. The first-order valence-corrected chi connectivity index (χ1v) is 18.3. The fraction of sp³-hybridized carbons (Fsp3) is 0.0816. The lowest BCUT2D eigenvalue weighted by Gasteiger charge is -2.47. The Morgan fingerprint density at radius 3 is 1.83 bits per heavy atom. The molecular weight excluding hydrogens is 647 g/mol. The highest BCUT2D eigenvalue weighted by molar-refractivity contribution is 6.09. The average Bonchev–Trinajstić information content (AvgIpc) is 3.74. The number of benzene rings is 7. The fourth-order valence-electron chi connectivity index (χ4n) is 9.42. The van der Waals surface area contributed by atoms with E-state index in [1.165, 1.54) is 44.5 Å². The molecule has 0 amide bonds. The van der Waals surface area contributed by atoms with Crippen molar-refractivity contribution >= 4 is 39.2 Å². The number of nitrogens with one attached hydrogen (secondary N) is 2. The molecule has 3 aliphatic rings. The maximum absolute atomic E-state index is 6.30. The largest absolute Gasteiger partial charge is 0.456 e. The van der Waals surface area contributed by atoms with Crippen LogP contribution in [0, 0.1) is 0 Å². The second-order valence-electron chi connectivity index (χ2n) is 14.9. The summed E-state index contributed by atoms with van der Waals surface area (Å²) in [4.78, 5) is 5.43. The first-order valence-electron chi connectivity index (χ1n) is 18.3. The van der Waals surface area contributed by atoms with E-state index in [4.69, 9.17) is 9.41 Å². The van der Waals surface area contributed by atoms with Crippen LogP contribution in [-0.4, -0.2) is 5.84 Å². The maximum atomic E-state index is 6.30. The fourth-order valence-corrected chi connectivity index (χ4v) is 9.42. The Kier molecular flexibility index (Phi) is 6.19. The highest BCUT2D eigenvalue weighted by Gasteiger charge is 2.53. The molecule has 8 aromatic rings. The number of hydrogen-bond donors (Lipinski definition) is 2. The normalized spacial score (nSPS) is 16.0. The van der Waals surface area contributed by atoms with E-state index in [2.05, 4.69) is 170 Å². The molecule has 0 fully saturated rings. The first kappa shape index (κ1) is 30.0. The molecule has 1 aliphatic heterocycles.